The Morgan fingerprint density at radius 3 is 2.58 bits per heavy atom. The molecule has 0 aliphatic carbocycles. The summed E-state index contributed by atoms with van der Waals surface area (Å²) in [5.74, 6) is 0.536. The normalized spacial score (nSPS) is 16.9. The van der Waals surface area contributed by atoms with Crippen molar-refractivity contribution in [2.75, 3.05) is 11.4 Å². The topological polar surface area (TPSA) is 72.0 Å². The molecule has 1 aromatic carbocycles. The van der Waals surface area contributed by atoms with Crippen LogP contribution in [0.2, 0.25) is 0 Å². The molecule has 3 rings (SSSR count). The summed E-state index contributed by atoms with van der Waals surface area (Å²) < 4.78 is 11.3. The van der Waals surface area contributed by atoms with Crippen LogP contribution in [0.1, 0.15) is 71.0 Å². The highest BCUT2D eigenvalue weighted by Crippen LogP contribution is 2.38. The summed E-state index contributed by atoms with van der Waals surface area (Å²) in [7, 11) is 0. The highest BCUT2D eigenvalue weighted by Gasteiger charge is 2.36. The Hall–Kier alpha value is -3.09. The highest BCUT2D eigenvalue weighted by atomic mass is 16.6. The Morgan fingerprint density at radius 1 is 1.18 bits per heavy atom. The summed E-state index contributed by atoms with van der Waals surface area (Å²) in [5, 5.41) is 0. The lowest BCUT2D eigenvalue weighted by Gasteiger charge is -2.33. The molecule has 2 amide bonds. The average molecular weight is 454 g/mol. The number of hydrogen-bond acceptors (Lipinski definition) is 5. The molecule has 0 N–H and O–H groups in total. The number of benzene rings is 1. The first-order valence-corrected chi connectivity index (χ1v) is 11.7. The number of amides is 2. The predicted octanol–water partition coefficient (Wildman–Crippen LogP) is 6.10. The zero-order chi connectivity index (χ0) is 24.0. The molecule has 7 heteroatoms. The molecule has 33 heavy (non-hydrogen) atoms. The standard InChI is InChI=1S/C26H35N3O4/c1-6-19(2)29(25(31)33-26(3,4)5)23-21(14-10-16-27-23)22-15-11-17-28(22)24(30)32-18-20-12-8-7-9-13-20/h7-10,12-14,16,19,22H,6,11,15,17-18H2,1-5H3/t19-,22-/m0/s1. The van der Waals surface area contributed by atoms with Gasteiger partial charge < -0.3 is 14.4 Å². The van der Waals surface area contributed by atoms with Gasteiger partial charge in [-0.15, -0.1) is 0 Å². The fraction of sp³-hybridized carbons (Fsp3) is 0.500. The number of pyridine rings is 1. The van der Waals surface area contributed by atoms with Gasteiger partial charge in [-0.05, 0) is 58.6 Å². The third-order valence-corrected chi connectivity index (χ3v) is 5.72. The lowest BCUT2D eigenvalue weighted by molar-refractivity contribution is 0.0565. The molecular weight excluding hydrogens is 418 g/mol. The van der Waals surface area contributed by atoms with Crippen molar-refractivity contribution in [1.82, 2.24) is 9.88 Å². The number of anilines is 1. The summed E-state index contributed by atoms with van der Waals surface area (Å²) in [6.07, 6.45) is 3.25. The molecule has 0 radical (unpaired) electrons. The number of carbonyl (C=O) groups is 2. The van der Waals surface area contributed by atoms with Gasteiger partial charge in [0.1, 0.15) is 18.0 Å². The largest absolute Gasteiger partial charge is 0.445 e. The summed E-state index contributed by atoms with van der Waals surface area (Å²) in [6, 6.07) is 13.1. The van der Waals surface area contributed by atoms with E-state index in [1.807, 2.05) is 77.1 Å². The van der Waals surface area contributed by atoms with E-state index in [0.717, 1.165) is 30.4 Å². The Bertz CT molecular complexity index is 942. The molecule has 2 heterocycles. The summed E-state index contributed by atoms with van der Waals surface area (Å²) in [5.41, 5.74) is 1.15. The molecule has 2 aromatic rings. The van der Waals surface area contributed by atoms with Crippen LogP contribution in [-0.2, 0) is 16.1 Å². The maximum Gasteiger partial charge on any atom is 0.416 e. The van der Waals surface area contributed by atoms with Crippen LogP contribution in [-0.4, -0.2) is 40.3 Å². The Labute approximate surface area is 196 Å². The van der Waals surface area contributed by atoms with Crippen molar-refractivity contribution >= 4 is 18.0 Å². The van der Waals surface area contributed by atoms with Gasteiger partial charge in [-0.3, -0.25) is 4.90 Å². The van der Waals surface area contributed by atoms with Gasteiger partial charge in [0, 0.05) is 24.3 Å². The third kappa shape index (κ3) is 6.24. The van der Waals surface area contributed by atoms with E-state index in [1.54, 1.807) is 16.0 Å². The van der Waals surface area contributed by atoms with E-state index >= 15 is 0 Å². The zero-order valence-electron chi connectivity index (χ0n) is 20.3. The van der Waals surface area contributed by atoms with Crippen molar-refractivity contribution < 1.29 is 19.1 Å². The molecule has 0 saturated carbocycles. The van der Waals surface area contributed by atoms with Gasteiger partial charge in [0.2, 0.25) is 0 Å². The van der Waals surface area contributed by atoms with Crippen LogP contribution in [0.25, 0.3) is 0 Å². The SMILES string of the molecule is CC[C@H](C)N(C(=O)OC(C)(C)C)c1ncccc1[C@@H]1CCCN1C(=O)OCc1ccccc1. The number of aromatic nitrogens is 1. The fourth-order valence-electron chi connectivity index (χ4n) is 3.95. The number of nitrogens with zero attached hydrogens (tertiary/aromatic N) is 3. The van der Waals surface area contributed by atoms with Crippen LogP contribution in [0.5, 0.6) is 0 Å². The number of likely N-dealkylation sites (tertiary alicyclic amines) is 1. The fourth-order valence-corrected chi connectivity index (χ4v) is 3.95. The van der Waals surface area contributed by atoms with Crippen molar-refractivity contribution in [3.63, 3.8) is 0 Å². The molecule has 1 saturated heterocycles. The first-order chi connectivity index (χ1) is 15.7. The van der Waals surface area contributed by atoms with E-state index in [1.165, 1.54) is 0 Å². The maximum absolute atomic E-state index is 13.2. The smallest absolute Gasteiger partial charge is 0.416 e. The first kappa shape index (κ1) is 24.6. The number of ether oxygens (including phenoxy) is 2. The molecule has 0 spiro atoms. The van der Waals surface area contributed by atoms with Gasteiger partial charge in [0.15, 0.2) is 0 Å². The Balaban J connectivity index is 1.86. The van der Waals surface area contributed by atoms with Gasteiger partial charge in [-0.2, -0.15) is 0 Å². The van der Waals surface area contributed by atoms with Crippen molar-refractivity contribution in [1.29, 1.82) is 0 Å². The van der Waals surface area contributed by atoms with Gasteiger partial charge in [-0.1, -0.05) is 43.3 Å². The van der Waals surface area contributed by atoms with Gasteiger partial charge in [0.05, 0.1) is 6.04 Å². The van der Waals surface area contributed by atoms with E-state index in [4.69, 9.17) is 9.47 Å². The molecule has 0 unspecified atom stereocenters. The van der Waals surface area contributed by atoms with E-state index in [9.17, 15) is 9.59 Å². The summed E-state index contributed by atoms with van der Waals surface area (Å²) in [4.78, 5) is 34.1. The number of carbonyl (C=O) groups excluding carboxylic acids is 2. The Morgan fingerprint density at radius 2 is 1.91 bits per heavy atom. The van der Waals surface area contributed by atoms with Crippen molar-refractivity contribution in [2.45, 2.75) is 78.2 Å². The van der Waals surface area contributed by atoms with Gasteiger partial charge in [-0.25, -0.2) is 14.6 Å². The molecular formula is C26H35N3O4. The number of rotatable bonds is 6. The monoisotopic (exact) mass is 453 g/mol. The first-order valence-electron chi connectivity index (χ1n) is 11.7. The molecule has 2 atom stereocenters. The molecule has 0 bridgehead atoms. The highest BCUT2D eigenvalue weighted by molar-refractivity contribution is 5.88. The minimum absolute atomic E-state index is 0.117. The van der Waals surface area contributed by atoms with Crippen molar-refractivity contribution in [2.24, 2.45) is 0 Å². The second-order valence-electron chi connectivity index (χ2n) is 9.42. The van der Waals surface area contributed by atoms with Crippen molar-refractivity contribution in [3.05, 3.63) is 59.8 Å². The maximum atomic E-state index is 13.2. The summed E-state index contributed by atoms with van der Waals surface area (Å²) >= 11 is 0. The van der Waals surface area contributed by atoms with Crippen LogP contribution >= 0.6 is 0 Å². The average Bonchev–Trinajstić information content (AvgIpc) is 3.27. The lowest BCUT2D eigenvalue weighted by atomic mass is 10.0. The van der Waals surface area contributed by atoms with E-state index in [0.29, 0.717) is 12.4 Å². The minimum Gasteiger partial charge on any atom is -0.445 e. The number of hydrogen-bond donors (Lipinski definition) is 0. The zero-order valence-corrected chi connectivity index (χ0v) is 20.3. The molecule has 178 valence electrons. The molecule has 7 nitrogen and oxygen atoms in total. The van der Waals surface area contributed by atoms with Crippen LogP contribution in [0.4, 0.5) is 15.4 Å². The minimum atomic E-state index is -0.627. The Kier molecular flexibility index (Phi) is 7.95. The van der Waals surface area contributed by atoms with E-state index in [2.05, 4.69) is 4.98 Å². The van der Waals surface area contributed by atoms with Crippen LogP contribution in [0.3, 0.4) is 0 Å². The lowest BCUT2D eigenvalue weighted by Crippen LogP contribution is -2.43. The van der Waals surface area contributed by atoms with Crippen molar-refractivity contribution in [3.8, 4) is 0 Å². The summed E-state index contributed by atoms with van der Waals surface area (Å²) in [6.45, 7) is 10.4. The molecule has 1 aliphatic rings. The van der Waals surface area contributed by atoms with E-state index in [-0.39, 0.29) is 24.8 Å². The van der Waals surface area contributed by atoms with Crippen LogP contribution in [0, 0.1) is 0 Å². The van der Waals surface area contributed by atoms with E-state index < -0.39 is 11.7 Å². The third-order valence-electron chi connectivity index (χ3n) is 5.72. The predicted molar refractivity (Wildman–Crippen MR) is 128 cm³/mol. The second kappa shape index (κ2) is 10.7. The second-order valence-corrected chi connectivity index (χ2v) is 9.42. The molecule has 1 aliphatic heterocycles. The van der Waals surface area contributed by atoms with Crippen LogP contribution in [0.15, 0.2) is 48.7 Å². The molecule has 1 fully saturated rings. The quantitative estimate of drug-likeness (QED) is 0.529. The van der Waals surface area contributed by atoms with Crippen LogP contribution < -0.4 is 4.90 Å². The van der Waals surface area contributed by atoms with Gasteiger partial charge in [0.25, 0.3) is 0 Å². The molecule has 1 aromatic heterocycles. The van der Waals surface area contributed by atoms with Gasteiger partial charge >= 0.3 is 12.2 Å².